The highest BCUT2D eigenvalue weighted by Gasteiger charge is 2.36. The molecule has 1 aliphatic rings. The standard InChI is InChI=1S/C7H11N3/c1-10-7(2-3-9-10)5-4-6(5)8/h2-3,5-6H,4,8H2,1H3/t5-,6+/m0/s1. The van der Waals surface area contributed by atoms with E-state index in [0.717, 1.165) is 6.42 Å². The van der Waals surface area contributed by atoms with Gasteiger partial charge in [0, 0.05) is 30.9 Å². The van der Waals surface area contributed by atoms with Gasteiger partial charge in [-0.1, -0.05) is 0 Å². The highest BCUT2D eigenvalue weighted by atomic mass is 15.3. The first kappa shape index (κ1) is 5.92. The van der Waals surface area contributed by atoms with Crippen molar-refractivity contribution >= 4 is 0 Å². The summed E-state index contributed by atoms with van der Waals surface area (Å²) in [5, 5.41) is 4.07. The van der Waals surface area contributed by atoms with Crippen molar-refractivity contribution in [2.75, 3.05) is 0 Å². The van der Waals surface area contributed by atoms with Crippen LogP contribution in [0.2, 0.25) is 0 Å². The molecule has 2 rings (SSSR count). The highest BCUT2D eigenvalue weighted by Crippen LogP contribution is 2.38. The third kappa shape index (κ3) is 0.743. The first-order valence-electron chi connectivity index (χ1n) is 3.52. The van der Waals surface area contributed by atoms with Crippen molar-refractivity contribution in [1.82, 2.24) is 9.78 Å². The van der Waals surface area contributed by atoms with Crippen molar-refractivity contribution in [3.8, 4) is 0 Å². The van der Waals surface area contributed by atoms with E-state index in [0.29, 0.717) is 12.0 Å². The van der Waals surface area contributed by atoms with Crippen LogP contribution in [0.25, 0.3) is 0 Å². The molecule has 0 amide bonds. The average Bonchev–Trinajstić information content (AvgIpc) is 2.42. The van der Waals surface area contributed by atoms with Gasteiger partial charge in [-0.25, -0.2) is 0 Å². The zero-order chi connectivity index (χ0) is 7.14. The van der Waals surface area contributed by atoms with Crippen molar-refractivity contribution in [3.05, 3.63) is 18.0 Å². The Bertz CT molecular complexity index is 241. The van der Waals surface area contributed by atoms with E-state index in [9.17, 15) is 0 Å². The van der Waals surface area contributed by atoms with Gasteiger partial charge in [-0.2, -0.15) is 5.10 Å². The maximum absolute atomic E-state index is 5.69. The molecule has 3 heteroatoms. The van der Waals surface area contributed by atoms with E-state index in [1.54, 1.807) is 0 Å². The molecule has 1 aromatic rings. The molecule has 1 aliphatic carbocycles. The Morgan fingerprint density at radius 2 is 2.50 bits per heavy atom. The molecule has 1 fully saturated rings. The number of aryl methyl sites for hydroxylation is 1. The molecule has 54 valence electrons. The van der Waals surface area contributed by atoms with Gasteiger partial charge < -0.3 is 5.73 Å². The van der Waals surface area contributed by atoms with Crippen LogP contribution >= 0.6 is 0 Å². The summed E-state index contributed by atoms with van der Waals surface area (Å²) in [7, 11) is 1.96. The van der Waals surface area contributed by atoms with Gasteiger partial charge in [-0.3, -0.25) is 4.68 Å². The Hall–Kier alpha value is -0.830. The van der Waals surface area contributed by atoms with Gasteiger partial charge in [0.2, 0.25) is 0 Å². The van der Waals surface area contributed by atoms with Crippen LogP contribution in [0.15, 0.2) is 12.3 Å². The molecule has 0 bridgehead atoms. The lowest BCUT2D eigenvalue weighted by Crippen LogP contribution is -2.04. The summed E-state index contributed by atoms with van der Waals surface area (Å²) < 4.78 is 1.90. The molecular weight excluding hydrogens is 126 g/mol. The molecule has 0 saturated heterocycles. The van der Waals surface area contributed by atoms with Gasteiger partial charge in [0.05, 0.1) is 0 Å². The van der Waals surface area contributed by atoms with E-state index in [4.69, 9.17) is 5.73 Å². The average molecular weight is 137 g/mol. The predicted molar refractivity (Wildman–Crippen MR) is 38.5 cm³/mol. The van der Waals surface area contributed by atoms with Gasteiger partial charge in [0.1, 0.15) is 0 Å². The molecule has 1 saturated carbocycles. The smallest absolute Gasteiger partial charge is 0.0492 e. The molecule has 2 N–H and O–H groups in total. The first-order chi connectivity index (χ1) is 4.79. The number of nitrogens with two attached hydrogens (primary N) is 1. The normalized spacial score (nSPS) is 30.6. The maximum Gasteiger partial charge on any atom is 0.0492 e. The predicted octanol–water partition coefficient (Wildman–Crippen LogP) is 0.235. The van der Waals surface area contributed by atoms with Crippen molar-refractivity contribution in [2.45, 2.75) is 18.4 Å². The Morgan fingerprint density at radius 3 is 2.90 bits per heavy atom. The summed E-state index contributed by atoms with van der Waals surface area (Å²) in [6, 6.07) is 2.42. The molecule has 2 atom stereocenters. The molecule has 0 unspecified atom stereocenters. The molecule has 1 aromatic heterocycles. The van der Waals surface area contributed by atoms with Gasteiger partial charge in [-0.15, -0.1) is 0 Å². The number of nitrogens with zero attached hydrogens (tertiary/aromatic N) is 2. The fourth-order valence-corrected chi connectivity index (χ4v) is 1.30. The zero-order valence-corrected chi connectivity index (χ0v) is 5.99. The van der Waals surface area contributed by atoms with Crippen LogP contribution in [0.3, 0.4) is 0 Å². The van der Waals surface area contributed by atoms with Gasteiger partial charge in [0.25, 0.3) is 0 Å². The molecule has 0 aromatic carbocycles. The van der Waals surface area contributed by atoms with Crippen LogP contribution < -0.4 is 5.73 Å². The van der Waals surface area contributed by atoms with Crippen LogP contribution in [-0.2, 0) is 7.05 Å². The minimum Gasteiger partial charge on any atom is -0.327 e. The number of rotatable bonds is 1. The Balaban J connectivity index is 2.26. The number of aromatic nitrogens is 2. The summed E-state index contributed by atoms with van der Waals surface area (Å²) in [4.78, 5) is 0. The van der Waals surface area contributed by atoms with Gasteiger partial charge >= 0.3 is 0 Å². The fraction of sp³-hybridized carbons (Fsp3) is 0.571. The second-order valence-corrected chi connectivity index (χ2v) is 2.89. The third-order valence-electron chi connectivity index (χ3n) is 2.08. The molecule has 0 aliphatic heterocycles. The third-order valence-corrected chi connectivity index (χ3v) is 2.08. The topological polar surface area (TPSA) is 43.8 Å². The molecule has 1 heterocycles. The van der Waals surface area contributed by atoms with E-state index in [2.05, 4.69) is 5.10 Å². The van der Waals surface area contributed by atoms with E-state index in [1.165, 1.54) is 5.69 Å². The zero-order valence-electron chi connectivity index (χ0n) is 5.99. The van der Waals surface area contributed by atoms with Crippen LogP contribution in [0.1, 0.15) is 18.0 Å². The minimum absolute atomic E-state index is 0.385. The van der Waals surface area contributed by atoms with Crippen LogP contribution in [-0.4, -0.2) is 15.8 Å². The van der Waals surface area contributed by atoms with Crippen LogP contribution in [0.5, 0.6) is 0 Å². The van der Waals surface area contributed by atoms with Crippen LogP contribution in [0, 0.1) is 0 Å². The van der Waals surface area contributed by atoms with E-state index in [1.807, 2.05) is 24.0 Å². The summed E-state index contributed by atoms with van der Waals surface area (Å²) in [5.41, 5.74) is 6.96. The molecule has 10 heavy (non-hydrogen) atoms. The second kappa shape index (κ2) is 1.83. The van der Waals surface area contributed by atoms with E-state index in [-0.39, 0.29) is 0 Å². The second-order valence-electron chi connectivity index (χ2n) is 2.89. The summed E-state index contributed by atoms with van der Waals surface area (Å²) in [5.74, 6) is 0.576. The lowest BCUT2D eigenvalue weighted by atomic mass is 10.3. The van der Waals surface area contributed by atoms with E-state index < -0.39 is 0 Å². The maximum atomic E-state index is 5.69. The lowest BCUT2D eigenvalue weighted by molar-refractivity contribution is 0.707. The SMILES string of the molecule is Cn1nccc1[C@H]1C[C@H]1N. The van der Waals surface area contributed by atoms with Gasteiger partial charge in [-0.05, 0) is 12.5 Å². The summed E-state index contributed by atoms with van der Waals surface area (Å²) in [6.45, 7) is 0. The quantitative estimate of drug-likeness (QED) is 0.602. The number of hydrogen-bond acceptors (Lipinski definition) is 2. The van der Waals surface area contributed by atoms with Crippen molar-refractivity contribution in [2.24, 2.45) is 12.8 Å². The summed E-state index contributed by atoms with van der Waals surface area (Å²) in [6.07, 6.45) is 2.94. The summed E-state index contributed by atoms with van der Waals surface area (Å²) >= 11 is 0. The Morgan fingerprint density at radius 1 is 1.80 bits per heavy atom. The van der Waals surface area contributed by atoms with Crippen molar-refractivity contribution in [1.29, 1.82) is 0 Å². The molecule has 0 spiro atoms. The fourth-order valence-electron chi connectivity index (χ4n) is 1.30. The van der Waals surface area contributed by atoms with Crippen LogP contribution in [0.4, 0.5) is 0 Å². The van der Waals surface area contributed by atoms with Crippen molar-refractivity contribution < 1.29 is 0 Å². The Labute approximate surface area is 59.8 Å². The first-order valence-corrected chi connectivity index (χ1v) is 3.52. The van der Waals surface area contributed by atoms with Crippen molar-refractivity contribution in [3.63, 3.8) is 0 Å². The highest BCUT2D eigenvalue weighted by molar-refractivity contribution is 5.19. The van der Waals surface area contributed by atoms with Gasteiger partial charge in [0.15, 0.2) is 0 Å². The molecule has 3 nitrogen and oxygen atoms in total. The largest absolute Gasteiger partial charge is 0.327 e. The lowest BCUT2D eigenvalue weighted by Gasteiger charge is -1.96. The minimum atomic E-state index is 0.385. The van der Waals surface area contributed by atoms with E-state index >= 15 is 0 Å². The Kier molecular flexibility index (Phi) is 1.08. The number of hydrogen-bond donors (Lipinski definition) is 1. The molecular formula is C7H11N3. The monoisotopic (exact) mass is 137 g/mol. The molecule has 0 radical (unpaired) electrons.